The van der Waals surface area contributed by atoms with Gasteiger partial charge in [0.05, 0.1) is 13.0 Å². The average molecular weight is 419 g/mol. The molecule has 3 aromatic rings. The number of carbonyl (C=O) groups is 1. The average Bonchev–Trinajstić information content (AvgIpc) is 3.37. The fraction of sp³-hybridized carbons (Fsp3) is 0.444. The monoisotopic (exact) mass is 419 g/mol. The van der Waals surface area contributed by atoms with E-state index in [1.807, 2.05) is 0 Å². The van der Waals surface area contributed by atoms with Crippen LogP contribution in [0.15, 0.2) is 24.3 Å². The number of aryl methyl sites for hydroxylation is 2. The first-order chi connectivity index (χ1) is 13.8. The van der Waals surface area contributed by atoms with Crippen LogP contribution >= 0.6 is 11.5 Å². The molecule has 2 aromatic heterocycles. The molecule has 2 atom stereocenters. The first-order valence-electron chi connectivity index (χ1n) is 9.14. The number of anilines is 1. The molecule has 1 aromatic carbocycles. The molecule has 8 nitrogen and oxygen atoms in total. The molecule has 0 spiro atoms. The highest BCUT2D eigenvalue weighted by Gasteiger charge is 2.45. The van der Waals surface area contributed by atoms with Crippen molar-refractivity contribution < 1.29 is 13.6 Å². The molecule has 1 amide bonds. The highest BCUT2D eigenvalue weighted by molar-refractivity contribution is 7.09. The maximum atomic E-state index is 13.9. The van der Waals surface area contributed by atoms with Gasteiger partial charge in [0.25, 0.3) is 0 Å². The molecule has 2 unspecified atom stereocenters. The summed E-state index contributed by atoms with van der Waals surface area (Å²) in [7, 11) is 1.67. The molecule has 1 aliphatic carbocycles. The SMILES string of the molecule is Cc1nsc(NC(=O)C(c2ccc(-c3nnn(C)n3)cc2)C2CCC(F)(F)C2)n1. The minimum atomic E-state index is -2.74. The normalized spacial score (nSPS) is 19.2. The van der Waals surface area contributed by atoms with E-state index in [0.717, 1.165) is 17.1 Å². The Bertz CT molecular complexity index is 1020. The standard InChI is InChI=1S/C18H19F2N7OS/c1-10-21-17(29-25-10)22-16(28)14(13-7-8-18(19,20)9-13)11-3-5-12(6-4-11)15-23-26-27(2)24-15/h3-6,13-14H,7-9H2,1-2H3,(H,21,22,25,28). The van der Waals surface area contributed by atoms with Gasteiger partial charge >= 0.3 is 0 Å². The Kier molecular flexibility index (Phi) is 5.07. The summed E-state index contributed by atoms with van der Waals surface area (Å²) < 4.78 is 31.8. The molecule has 0 bridgehead atoms. The Balaban J connectivity index is 1.61. The van der Waals surface area contributed by atoms with E-state index in [1.165, 1.54) is 4.80 Å². The fourth-order valence-electron chi connectivity index (χ4n) is 3.68. The lowest BCUT2D eigenvalue weighted by molar-refractivity contribution is -0.118. The molecule has 11 heteroatoms. The van der Waals surface area contributed by atoms with Gasteiger partial charge in [-0.1, -0.05) is 24.3 Å². The second kappa shape index (κ2) is 7.54. The van der Waals surface area contributed by atoms with Crippen molar-refractivity contribution in [3.05, 3.63) is 35.7 Å². The van der Waals surface area contributed by atoms with Crippen LogP contribution in [-0.4, -0.2) is 41.4 Å². The van der Waals surface area contributed by atoms with Crippen LogP contribution in [0, 0.1) is 12.8 Å². The summed E-state index contributed by atoms with van der Waals surface area (Å²) >= 11 is 1.07. The number of halogens is 2. The van der Waals surface area contributed by atoms with Crippen molar-refractivity contribution in [1.82, 2.24) is 29.6 Å². The first kappa shape index (κ1) is 19.5. The van der Waals surface area contributed by atoms with Crippen LogP contribution in [0.2, 0.25) is 0 Å². The van der Waals surface area contributed by atoms with Crippen molar-refractivity contribution in [2.75, 3.05) is 5.32 Å². The molecule has 29 heavy (non-hydrogen) atoms. The Morgan fingerprint density at radius 1 is 1.34 bits per heavy atom. The molecule has 152 valence electrons. The highest BCUT2D eigenvalue weighted by atomic mass is 32.1. The summed E-state index contributed by atoms with van der Waals surface area (Å²) in [5.74, 6) is -3.26. The van der Waals surface area contributed by atoms with Crippen molar-refractivity contribution in [3.63, 3.8) is 0 Å². The number of aromatic nitrogens is 6. The Hall–Kier alpha value is -2.82. The van der Waals surface area contributed by atoms with E-state index in [-0.39, 0.29) is 25.2 Å². The molecule has 0 radical (unpaired) electrons. The van der Waals surface area contributed by atoms with E-state index >= 15 is 0 Å². The minimum Gasteiger partial charge on any atom is -0.300 e. The van der Waals surface area contributed by atoms with E-state index in [1.54, 1.807) is 38.2 Å². The lowest BCUT2D eigenvalue weighted by Crippen LogP contribution is -2.27. The van der Waals surface area contributed by atoms with E-state index < -0.39 is 17.8 Å². The number of nitrogens with zero attached hydrogens (tertiary/aromatic N) is 6. The highest BCUT2D eigenvalue weighted by Crippen LogP contribution is 2.46. The topological polar surface area (TPSA) is 98.5 Å². The molecule has 0 aliphatic heterocycles. The number of hydrogen-bond donors (Lipinski definition) is 1. The molecule has 1 aliphatic rings. The van der Waals surface area contributed by atoms with Crippen molar-refractivity contribution in [1.29, 1.82) is 0 Å². The maximum Gasteiger partial charge on any atom is 0.248 e. The maximum absolute atomic E-state index is 13.9. The number of hydrogen-bond acceptors (Lipinski definition) is 7. The van der Waals surface area contributed by atoms with Crippen molar-refractivity contribution in [3.8, 4) is 11.4 Å². The number of tetrazole rings is 1. The minimum absolute atomic E-state index is 0.207. The van der Waals surface area contributed by atoms with Crippen molar-refractivity contribution in [2.24, 2.45) is 13.0 Å². The molecule has 1 fully saturated rings. The van der Waals surface area contributed by atoms with E-state index in [4.69, 9.17) is 0 Å². The van der Waals surface area contributed by atoms with Crippen LogP contribution in [-0.2, 0) is 11.8 Å². The lowest BCUT2D eigenvalue weighted by atomic mass is 9.83. The molecule has 2 heterocycles. The molecule has 0 saturated heterocycles. The molecular formula is C18H19F2N7OS. The Labute approximate surface area is 169 Å². The summed E-state index contributed by atoms with van der Waals surface area (Å²) in [6.07, 6.45) is -0.234. The summed E-state index contributed by atoms with van der Waals surface area (Å²) in [5, 5.41) is 15.0. The summed E-state index contributed by atoms with van der Waals surface area (Å²) in [6, 6.07) is 7.07. The zero-order chi connectivity index (χ0) is 20.6. The van der Waals surface area contributed by atoms with Gasteiger partial charge in [0.2, 0.25) is 22.8 Å². The van der Waals surface area contributed by atoms with E-state index in [2.05, 4.69) is 30.1 Å². The number of benzene rings is 1. The van der Waals surface area contributed by atoms with Gasteiger partial charge in [-0.15, -0.1) is 10.2 Å². The van der Waals surface area contributed by atoms with Crippen molar-refractivity contribution >= 4 is 22.6 Å². The molecule has 1 saturated carbocycles. The number of nitrogens with one attached hydrogen (secondary N) is 1. The van der Waals surface area contributed by atoms with Crippen LogP contribution in [0.3, 0.4) is 0 Å². The van der Waals surface area contributed by atoms with Gasteiger partial charge in [0.1, 0.15) is 5.82 Å². The molecule has 4 rings (SSSR count). The molecular weight excluding hydrogens is 400 g/mol. The molecule has 1 N–H and O–H groups in total. The lowest BCUT2D eigenvalue weighted by Gasteiger charge is -2.23. The second-order valence-corrected chi connectivity index (χ2v) is 7.95. The third-order valence-corrected chi connectivity index (χ3v) is 5.71. The smallest absolute Gasteiger partial charge is 0.248 e. The predicted octanol–water partition coefficient (Wildman–Crippen LogP) is 3.19. The predicted molar refractivity (Wildman–Crippen MR) is 103 cm³/mol. The summed E-state index contributed by atoms with van der Waals surface area (Å²) in [4.78, 5) is 18.5. The number of alkyl halides is 2. The van der Waals surface area contributed by atoms with Gasteiger partial charge in [-0.05, 0) is 30.0 Å². The summed E-state index contributed by atoms with van der Waals surface area (Å²) in [6.45, 7) is 1.72. The van der Waals surface area contributed by atoms with E-state index in [0.29, 0.717) is 22.3 Å². The Morgan fingerprint density at radius 2 is 2.10 bits per heavy atom. The zero-order valence-corrected chi connectivity index (χ0v) is 16.7. The first-order valence-corrected chi connectivity index (χ1v) is 9.91. The van der Waals surface area contributed by atoms with Crippen LogP contribution in [0.4, 0.5) is 13.9 Å². The van der Waals surface area contributed by atoms with E-state index in [9.17, 15) is 13.6 Å². The largest absolute Gasteiger partial charge is 0.300 e. The zero-order valence-electron chi connectivity index (χ0n) is 15.8. The third kappa shape index (κ3) is 4.29. The number of rotatable bonds is 5. The van der Waals surface area contributed by atoms with Gasteiger partial charge in [-0.2, -0.15) is 9.17 Å². The fourth-order valence-corrected chi connectivity index (χ4v) is 4.26. The quantitative estimate of drug-likeness (QED) is 0.682. The number of carbonyl (C=O) groups excluding carboxylic acids is 1. The van der Waals surface area contributed by atoms with Gasteiger partial charge in [0.15, 0.2) is 0 Å². The van der Waals surface area contributed by atoms with Crippen LogP contribution in [0.5, 0.6) is 0 Å². The van der Waals surface area contributed by atoms with Gasteiger partial charge in [-0.25, -0.2) is 13.8 Å². The van der Waals surface area contributed by atoms with Crippen molar-refractivity contribution in [2.45, 2.75) is 38.0 Å². The number of amides is 1. The van der Waals surface area contributed by atoms with Crippen LogP contribution in [0.25, 0.3) is 11.4 Å². The van der Waals surface area contributed by atoms with Crippen LogP contribution in [0.1, 0.15) is 36.6 Å². The van der Waals surface area contributed by atoms with Crippen LogP contribution < -0.4 is 5.32 Å². The third-order valence-electron chi connectivity index (χ3n) is 4.99. The Morgan fingerprint density at radius 3 is 2.66 bits per heavy atom. The van der Waals surface area contributed by atoms with Gasteiger partial charge in [0, 0.05) is 29.9 Å². The van der Waals surface area contributed by atoms with Gasteiger partial charge < -0.3 is 5.32 Å². The van der Waals surface area contributed by atoms with Gasteiger partial charge in [-0.3, -0.25) is 4.79 Å². The summed E-state index contributed by atoms with van der Waals surface area (Å²) in [5.41, 5.74) is 1.40. The second-order valence-electron chi connectivity index (χ2n) is 7.20.